The van der Waals surface area contributed by atoms with Gasteiger partial charge < -0.3 is 10.1 Å². The number of alkyl carbamates (subject to hydrolysis) is 1. The predicted octanol–water partition coefficient (Wildman–Crippen LogP) is 2.48. The maximum Gasteiger partial charge on any atom is 0.407 e. The Balaban J connectivity index is 2.07. The van der Waals surface area contributed by atoms with Gasteiger partial charge in [-0.05, 0) is 53.4 Å². The Hall–Kier alpha value is -0.860. The lowest BCUT2D eigenvalue weighted by atomic mass is 9.99. The fourth-order valence-corrected chi connectivity index (χ4v) is 5.56. The van der Waals surface area contributed by atoms with Crippen LogP contribution in [0.4, 0.5) is 4.79 Å². The summed E-state index contributed by atoms with van der Waals surface area (Å²) in [6.07, 6.45) is 5.02. The van der Waals surface area contributed by atoms with Crippen LogP contribution in [0.2, 0.25) is 0 Å². The highest BCUT2D eigenvalue weighted by Crippen LogP contribution is 2.26. The van der Waals surface area contributed by atoms with Crippen LogP contribution in [0, 0.1) is 0 Å². The molecule has 2 atom stereocenters. The van der Waals surface area contributed by atoms with E-state index in [9.17, 15) is 13.2 Å². The van der Waals surface area contributed by atoms with Crippen LogP contribution in [0.1, 0.15) is 66.2 Å². The van der Waals surface area contributed by atoms with E-state index in [-0.39, 0.29) is 12.1 Å². The highest BCUT2D eigenvalue weighted by Gasteiger charge is 2.39. The van der Waals surface area contributed by atoms with Crippen molar-refractivity contribution in [3.63, 3.8) is 0 Å². The van der Waals surface area contributed by atoms with Crippen molar-refractivity contribution in [2.75, 3.05) is 19.6 Å². The van der Waals surface area contributed by atoms with Crippen molar-refractivity contribution >= 4 is 16.3 Å². The van der Waals surface area contributed by atoms with E-state index in [1.807, 2.05) is 27.7 Å². The average Bonchev–Trinajstić information content (AvgIpc) is 2.53. The van der Waals surface area contributed by atoms with Crippen LogP contribution in [0.5, 0.6) is 0 Å². The fraction of sp³-hybridized carbons (Fsp3) is 0.941. The van der Waals surface area contributed by atoms with Crippen LogP contribution in [-0.2, 0) is 14.9 Å². The van der Waals surface area contributed by atoms with E-state index >= 15 is 0 Å². The fourth-order valence-electron chi connectivity index (χ4n) is 3.55. The van der Waals surface area contributed by atoms with E-state index in [4.69, 9.17) is 4.74 Å². The second-order valence-electron chi connectivity index (χ2n) is 8.08. The van der Waals surface area contributed by atoms with Gasteiger partial charge in [0.05, 0.1) is 0 Å². The zero-order chi connectivity index (χ0) is 18.7. The summed E-state index contributed by atoms with van der Waals surface area (Å²) in [6.45, 7) is 9.00. The lowest BCUT2D eigenvalue weighted by Crippen LogP contribution is -2.58. The molecule has 2 saturated heterocycles. The van der Waals surface area contributed by atoms with E-state index in [2.05, 4.69) is 5.32 Å². The first-order chi connectivity index (χ1) is 11.6. The lowest BCUT2D eigenvalue weighted by Gasteiger charge is -2.41. The van der Waals surface area contributed by atoms with Crippen LogP contribution < -0.4 is 5.32 Å². The Kier molecular flexibility index (Phi) is 6.73. The van der Waals surface area contributed by atoms with Gasteiger partial charge in [-0.2, -0.15) is 17.0 Å². The molecule has 2 unspecified atom stereocenters. The molecular weight excluding hydrogens is 342 g/mol. The molecule has 25 heavy (non-hydrogen) atoms. The van der Waals surface area contributed by atoms with Gasteiger partial charge in [-0.1, -0.05) is 12.8 Å². The van der Waals surface area contributed by atoms with Gasteiger partial charge in [-0.3, -0.25) is 0 Å². The van der Waals surface area contributed by atoms with E-state index < -0.39 is 21.9 Å². The number of hydrogen-bond donors (Lipinski definition) is 1. The Bertz CT molecular complexity index is 553. The van der Waals surface area contributed by atoms with E-state index in [0.717, 1.165) is 38.5 Å². The van der Waals surface area contributed by atoms with Gasteiger partial charge in [0.2, 0.25) is 0 Å². The molecule has 7 nitrogen and oxygen atoms in total. The van der Waals surface area contributed by atoms with Gasteiger partial charge in [0.15, 0.2) is 0 Å². The number of piperidine rings is 2. The Morgan fingerprint density at radius 3 is 2.28 bits per heavy atom. The molecule has 1 amide bonds. The molecule has 0 bridgehead atoms. The maximum absolute atomic E-state index is 13.1. The van der Waals surface area contributed by atoms with Crippen molar-refractivity contribution in [2.45, 2.75) is 83.9 Å². The third kappa shape index (κ3) is 5.56. The summed E-state index contributed by atoms with van der Waals surface area (Å²) in [5.41, 5.74) is -0.573. The summed E-state index contributed by atoms with van der Waals surface area (Å²) >= 11 is 0. The van der Waals surface area contributed by atoms with Gasteiger partial charge >= 0.3 is 6.09 Å². The average molecular weight is 376 g/mol. The Labute approximate surface area is 152 Å². The molecule has 146 valence electrons. The van der Waals surface area contributed by atoms with Gasteiger partial charge in [0, 0.05) is 31.7 Å². The highest BCUT2D eigenvalue weighted by molar-refractivity contribution is 7.86. The van der Waals surface area contributed by atoms with Crippen LogP contribution in [-0.4, -0.2) is 60.4 Å². The van der Waals surface area contributed by atoms with E-state index in [1.165, 1.54) is 0 Å². The number of rotatable bonds is 4. The molecule has 2 rings (SSSR count). The van der Waals surface area contributed by atoms with Gasteiger partial charge in [0.25, 0.3) is 10.2 Å². The molecule has 2 fully saturated rings. The molecule has 0 aromatic rings. The molecule has 0 aromatic carbocycles. The van der Waals surface area contributed by atoms with Gasteiger partial charge in [-0.15, -0.1) is 0 Å². The second-order valence-corrected chi connectivity index (χ2v) is 9.96. The highest BCUT2D eigenvalue weighted by atomic mass is 32.2. The smallest absolute Gasteiger partial charge is 0.407 e. The summed E-state index contributed by atoms with van der Waals surface area (Å²) in [7, 11) is -3.48. The van der Waals surface area contributed by atoms with Crippen molar-refractivity contribution in [2.24, 2.45) is 0 Å². The Morgan fingerprint density at radius 1 is 1.08 bits per heavy atom. The van der Waals surface area contributed by atoms with Crippen molar-refractivity contribution in [3.05, 3.63) is 0 Å². The monoisotopic (exact) mass is 375 g/mol. The summed E-state index contributed by atoms with van der Waals surface area (Å²) in [5.74, 6) is 0. The van der Waals surface area contributed by atoms with E-state index in [1.54, 1.807) is 8.61 Å². The number of ether oxygens (including phenoxy) is 1. The van der Waals surface area contributed by atoms with Crippen LogP contribution >= 0.6 is 0 Å². The minimum atomic E-state index is -3.48. The quantitative estimate of drug-likeness (QED) is 0.819. The first-order valence-electron chi connectivity index (χ1n) is 9.38. The summed E-state index contributed by atoms with van der Waals surface area (Å²) < 4.78 is 34.7. The van der Waals surface area contributed by atoms with Crippen LogP contribution in [0.15, 0.2) is 0 Å². The molecule has 0 saturated carbocycles. The molecule has 2 aliphatic heterocycles. The topological polar surface area (TPSA) is 79.0 Å². The molecule has 0 aliphatic carbocycles. The van der Waals surface area contributed by atoms with Crippen molar-refractivity contribution in [3.8, 4) is 0 Å². The molecular formula is C17H33N3O4S. The van der Waals surface area contributed by atoms with E-state index in [0.29, 0.717) is 19.6 Å². The largest absolute Gasteiger partial charge is 0.444 e. The standard InChI is InChI=1S/C17H33N3O4S/c1-14(18-16(21)24-17(2,3)4)15-10-6-9-13-20(15)25(22,23)19-11-7-5-8-12-19/h14-15H,5-13H2,1-4H3,(H,18,21). The summed E-state index contributed by atoms with van der Waals surface area (Å²) in [4.78, 5) is 12.1. The molecule has 0 radical (unpaired) electrons. The number of amides is 1. The number of carbonyl (C=O) groups is 1. The van der Waals surface area contributed by atoms with Crippen molar-refractivity contribution in [1.29, 1.82) is 0 Å². The number of nitrogens with one attached hydrogen (secondary N) is 1. The third-order valence-corrected chi connectivity index (χ3v) is 6.82. The summed E-state index contributed by atoms with van der Waals surface area (Å²) in [6, 6.07) is -0.525. The Morgan fingerprint density at radius 2 is 1.68 bits per heavy atom. The molecule has 0 aromatic heterocycles. The first-order valence-corrected chi connectivity index (χ1v) is 10.8. The molecule has 2 heterocycles. The minimum absolute atomic E-state index is 0.229. The first kappa shape index (κ1) is 20.5. The molecule has 8 heteroatoms. The van der Waals surface area contributed by atoms with Crippen LogP contribution in [0.3, 0.4) is 0 Å². The molecule has 1 N–H and O–H groups in total. The van der Waals surface area contributed by atoms with Crippen molar-refractivity contribution < 1.29 is 17.9 Å². The lowest BCUT2D eigenvalue weighted by molar-refractivity contribution is 0.0476. The number of carbonyl (C=O) groups excluding carboxylic acids is 1. The van der Waals surface area contributed by atoms with Crippen molar-refractivity contribution in [1.82, 2.24) is 13.9 Å². The molecule has 2 aliphatic rings. The van der Waals surface area contributed by atoms with Crippen LogP contribution in [0.25, 0.3) is 0 Å². The maximum atomic E-state index is 13.1. The second kappa shape index (κ2) is 8.22. The SMILES string of the molecule is CC(NC(=O)OC(C)(C)C)C1CCCCN1S(=O)(=O)N1CCCCC1. The zero-order valence-electron chi connectivity index (χ0n) is 16.0. The normalized spacial score (nSPS) is 25.4. The van der Waals surface area contributed by atoms with Gasteiger partial charge in [0.1, 0.15) is 5.60 Å². The number of nitrogens with zero attached hydrogens (tertiary/aromatic N) is 2. The summed E-state index contributed by atoms with van der Waals surface area (Å²) in [5, 5.41) is 2.83. The zero-order valence-corrected chi connectivity index (χ0v) is 16.8. The number of hydrogen-bond acceptors (Lipinski definition) is 4. The molecule has 0 spiro atoms. The predicted molar refractivity (Wildman–Crippen MR) is 97.5 cm³/mol. The minimum Gasteiger partial charge on any atom is -0.444 e. The third-order valence-electron chi connectivity index (χ3n) is 4.76. The van der Waals surface area contributed by atoms with Gasteiger partial charge in [-0.25, -0.2) is 4.79 Å².